The molecule has 3 atom stereocenters. The Morgan fingerprint density at radius 1 is 0.958 bits per heavy atom. The molecule has 15 heteroatoms. The molecule has 14 nitrogen and oxygen atoms in total. The minimum absolute atomic E-state index is 0.0237. The van der Waals surface area contributed by atoms with Crippen molar-refractivity contribution in [2.24, 2.45) is 11.7 Å². The molecule has 5 N–H and O–H groups in total. The number of piperidine rings is 1. The highest BCUT2D eigenvalue weighted by Gasteiger charge is 2.44. The fraction of sp³-hybridized carbons (Fsp3) is 0.333. The van der Waals surface area contributed by atoms with E-state index in [1.807, 2.05) is 18.2 Å². The molecule has 0 saturated carbocycles. The molecule has 3 unspecified atom stereocenters. The van der Waals surface area contributed by atoms with Crippen LogP contribution in [0.3, 0.4) is 0 Å². The topological polar surface area (TPSA) is 193 Å². The van der Waals surface area contributed by atoms with Gasteiger partial charge in [0, 0.05) is 24.4 Å². The molecule has 1 aromatic heterocycles. The summed E-state index contributed by atoms with van der Waals surface area (Å²) in [6, 6.07) is 12.2. The van der Waals surface area contributed by atoms with Crippen molar-refractivity contribution >= 4 is 52.6 Å². The first-order valence-electron chi connectivity index (χ1n) is 15.7. The number of carbonyl (C=O) groups is 5. The lowest BCUT2D eigenvalue weighted by atomic mass is 9.87. The van der Waals surface area contributed by atoms with Gasteiger partial charge in [-0.05, 0) is 104 Å². The number of likely N-dealkylation sites (tertiary alicyclic amines) is 1. The summed E-state index contributed by atoms with van der Waals surface area (Å²) in [5, 5.41) is 16.0. The van der Waals surface area contributed by atoms with Gasteiger partial charge in [-0.1, -0.05) is 18.2 Å². The average molecular weight is 670 g/mol. The zero-order chi connectivity index (χ0) is 33.5. The number of amides is 5. The lowest BCUT2D eigenvalue weighted by Crippen LogP contribution is -2.51. The minimum atomic E-state index is -1.16. The van der Waals surface area contributed by atoms with E-state index in [9.17, 15) is 24.0 Å². The predicted octanol–water partition coefficient (Wildman–Crippen LogP) is 2.07. The normalized spacial score (nSPS) is 23.0. The zero-order valence-corrected chi connectivity index (χ0v) is 26.4. The summed E-state index contributed by atoms with van der Waals surface area (Å²) >= 11 is 5.86. The molecule has 0 aliphatic carbocycles. The largest absolute Gasteiger partial charge is 0.364 e. The summed E-state index contributed by atoms with van der Waals surface area (Å²) in [5.41, 5.74) is 8.71. The smallest absolute Gasteiger partial charge is 0.273 e. The van der Waals surface area contributed by atoms with E-state index in [2.05, 4.69) is 48.2 Å². The maximum Gasteiger partial charge on any atom is 0.273 e. The van der Waals surface area contributed by atoms with E-state index in [4.69, 9.17) is 17.3 Å². The molecule has 4 aliphatic heterocycles. The van der Waals surface area contributed by atoms with E-state index in [0.717, 1.165) is 62.0 Å². The van der Waals surface area contributed by atoms with Crippen LogP contribution in [0.2, 0.25) is 5.28 Å². The van der Waals surface area contributed by atoms with Crippen molar-refractivity contribution in [1.29, 1.82) is 0 Å². The Morgan fingerprint density at radius 2 is 1.69 bits per heavy atom. The van der Waals surface area contributed by atoms with Crippen LogP contribution in [0.4, 0.5) is 11.5 Å². The van der Waals surface area contributed by atoms with Crippen LogP contribution in [0.5, 0.6) is 0 Å². The van der Waals surface area contributed by atoms with E-state index in [1.54, 1.807) is 12.1 Å². The number of aromatic nitrogens is 3. The van der Waals surface area contributed by atoms with Crippen LogP contribution >= 0.6 is 11.6 Å². The number of imide groups is 2. The lowest BCUT2D eigenvalue weighted by Gasteiger charge is -2.35. The van der Waals surface area contributed by atoms with Crippen LogP contribution in [-0.4, -0.2) is 86.7 Å². The Bertz CT molecular complexity index is 1860. The number of benzene rings is 2. The van der Waals surface area contributed by atoms with Gasteiger partial charge in [-0.3, -0.25) is 34.2 Å². The van der Waals surface area contributed by atoms with E-state index >= 15 is 0 Å². The van der Waals surface area contributed by atoms with E-state index < -0.39 is 35.6 Å². The first kappa shape index (κ1) is 31.5. The monoisotopic (exact) mass is 669 g/mol. The summed E-state index contributed by atoms with van der Waals surface area (Å²) in [6.07, 6.45) is 5.45. The Hall–Kier alpha value is -5.05. The predicted molar refractivity (Wildman–Crippen MR) is 173 cm³/mol. The molecule has 5 amide bonds. The van der Waals surface area contributed by atoms with Crippen molar-refractivity contribution in [3.05, 3.63) is 87.8 Å². The van der Waals surface area contributed by atoms with Crippen molar-refractivity contribution in [3.63, 3.8) is 0 Å². The molecule has 2 saturated heterocycles. The molecule has 246 valence electrons. The van der Waals surface area contributed by atoms with Crippen LogP contribution in [0.25, 0.3) is 0 Å². The summed E-state index contributed by atoms with van der Waals surface area (Å²) in [4.78, 5) is 69.5. The maximum absolute atomic E-state index is 13.3. The highest BCUT2D eigenvalue weighted by molar-refractivity contribution is 6.28. The van der Waals surface area contributed by atoms with Crippen LogP contribution < -0.4 is 21.7 Å². The van der Waals surface area contributed by atoms with Crippen molar-refractivity contribution in [1.82, 2.24) is 35.6 Å². The summed E-state index contributed by atoms with van der Waals surface area (Å²) in [5.74, 6) is -2.24. The van der Waals surface area contributed by atoms with Gasteiger partial charge in [0.25, 0.3) is 23.6 Å². The van der Waals surface area contributed by atoms with E-state index in [0.29, 0.717) is 17.5 Å². The molecule has 0 bridgehead atoms. The van der Waals surface area contributed by atoms with Gasteiger partial charge in [0.15, 0.2) is 11.5 Å². The van der Waals surface area contributed by atoms with Crippen LogP contribution in [-0.2, 0) is 9.59 Å². The Kier molecular flexibility index (Phi) is 8.45. The Morgan fingerprint density at radius 3 is 2.42 bits per heavy atom. The third-order valence-corrected chi connectivity index (χ3v) is 9.65. The second-order valence-corrected chi connectivity index (χ2v) is 12.7. The molecular formula is C33H32ClN9O5. The molecule has 0 spiro atoms. The van der Waals surface area contributed by atoms with Crippen molar-refractivity contribution in [2.45, 2.75) is 37.3 Å². The van der Waals surface area contributed by atoms with Crippen LogP contribution in [0.1, 0.15) is 73.6 Å². The van der Waals surface area contributed by atoms with Crippen LogP contribution in [0, 0.1) is 5.92 Å². The van der Waals surface area contributed by atoms with Gasteiger partial charge in [-0.15, -0.1) is 10.2 Å². The number of rotatable bonds is 8. The van der Waals surface area contributed by atoms with Gasteiger partial charge >= 0.3 is 0 Å². The lowest BCUT2D eigenvalue weighted by molar-refractivity contribution is -0.130. The highest BCUT2D eigenvalue weighted by Crippen LogP contribution is 2.36. The number of fused-ring (bicyclic) bond motifs is 1. The number of hydrogen-bond acceptors (Lipinski definition) is 11. The number of nitrogens with zero attached hydrogens (tertiary/aromatic N) is 5. The molecule has 4 aliphatic rings. The van der Waals surface area contributed by atoms with Crippen LogP contribution in [0.15, 0.2) is 54.6 Å². The first-order chi connectivity index (χ1) is 23.2. The number of hydrogen-bond donors (Lipinski definition) is 4. The number of carbonyl (C=O) groups excluding carboxylic acids is 5. The fourth-order valence-electron chi connectivity index (χ4n) is 7.09. The third-order valence-electron chi connectivity index (χ3n) is 9.49. The molecule has 7 rings (SSSR count). The number of primary amides is 1. The molecule has 0 radical (unpaired) electrons. The molecule has 5 heterocycles. The SMILES string of the molecule is NC(=O)c1nnc(Cl)nc1Nc1ccc(C2CCN(CC3CCNC3c3ccc4c(c3)C(=O)N(C3C=CC(=O)NC3=O)C4=O)CC2)cc1. The van der Waals surface area contributed by atoms with Gasteiger partial charge in [0.1, 0.15) is 6.04 Å². The minimum Gasteiger partial charge on any atom is -0.364 e. The molecule has 48 heavy (non-hydrogen) atoms. The molecular weight excluding hydrogens is 638 g/mol. The number of nitrogens with one attached hydrogen (secondary N) is 3. The summed E-state index contributed by atoms with van der Waals surface area (Å²) in [7, 11) is 0. The number of anilines is 2. The van der Waals surface area contributed by atoms with Crippen molar-refractivity contribution in [3.8, 4) is 0 Å². The molecule has 3 aromatic rings. The molecule has 2 fully saturated rings. The average Bonchev–Trinajstić information content (AvgIpc) is 3.63. The summed E-state index contributed by atoms with van der Waals surface area (Å²) in [6.45, 7) is 3.66. The molecule has 2 aromatic carbocycles. The Labute approximate surface area is 280 Å². The van der Waals surface area contributed by atoms with Crippen molar-refractivity contribution in [2.75, 3.05) is 31.5 Å². The second-order valence-electron chi connectivity index (χ2n) is 12.4. The third kappa shape index (κ3) is 6.05. The zero-order valence-electron chi connectivity index (χ0n) is 25.7. The van der Waals surface area contributed by atoms with Gasteiger partial charge in [-0.2, -0.15) is 4.98 Å². The first-order valence-corrected chi connectivity index (χ1v) is 16.1. The van der Waals surface area contributed by atoms with Gasteiger partial charge in [-0.25, -0.2) is 0 Å². The summed E-state index contributed by atoms with van der Waals surface area (Å²) < 4.78 is 0. The Balaban J connectivity index is 0.964. The standard InChI is InChI=1S/C33H32ClN9O5/c34-33-39-29(27(28(35)45)40-41-33)37-21-4-1-17(2-5-21)18-10-13-42(14-11-18)16-20-9-12-36-26(20)19-3-6-22-23(15-19)32(48)43(31(22)47)24-7-8-25(44)38-30(24)46/h1-8,15,18,20,24,26,36H,9-14,16H2,(H2,35,45)(H,37,39,41)(H,38,44,46). The van der Waals surface area contributed by atoms with Gasteiger partial charge in [0.2, 0.25) is 11.2 Å². The quantitative estimate of drug-likeness (QED) is 0.257. The van der Waals surface area contributed by atoms with E-state index in [-0.39, 0.29) is 34.0 Å². The fourth-order valence-corrected chi connectivity index (χ4v) is 7.21. The second kappa shape index (κ2) is 12.9. The van der Waals surface area contributed by atoms with E-state index in [1.165, 1.54) is 11.6 Å². The van der Waals surface area contributed by atoms with Gasteiger partial charge < -0.3 is 21.3 Å². The van der Waals surface area contributed by atoms with Crippen molar-refractivity contribution < 1.29 is 24.0 Å². The highest BCUT2D eigenvalue weighted by atomic mass is 35.5. The van der Waals surface area contributed by atoms with Gasteiger partial charge in [0.05, 0.1) is 11.1 Å². The number of nitrogens with two attached hydrogens (primary N) is 1. The number of halogens is 1. The maximum atomic E-state index is 13.3.